The van der Waals surface area contributed by atoms with E-state index in [-0.39, 0.29) is 17.7 Å². The molecule has 2 aliphatic heterocycles. The summed E-state index contributed by atoms with van der Waals surface area (Å²) < 4.78 is 28.5. The number of rotatable bonds is 4. The lowest BCUT2D eigenvalue weighted by Gasteiger charge is -2.37. The molecule has 0 unspecified atom stereocenters. The van der Waals surface area contributed by atoms with Crippen molar-refractivity contribution in [1.29, 1.82) is 0 Å². The van der Waals surface area contributed by atoms with Crippen LogP contribution in [0.4, 0.5) is 0 Å². The van der Waals surface area contributed by atoms with Crippen molar-refractivity contribution in [3.63, 3.8) is 0 Å². The average Bonchev–Trinajstić information content (AvgIpc) is 3.00. The summed E-state index contributed by atoms with van der Waals surface area (Å²) >= 11 is 0. The number of piperazine rings is 1. The Hall–Kier alpha value is -1.86. The Morgan fingerprint density at radius 1 is 1.20 bits per heavy atom. The summed E-state index contributed by atoms with van der Waals surface area (Å²) in [5.74, 6) is 1.26. The van der Waals surface area contributed by atoms with Crippen molar-refractivity contribution in [2.75, 3.05) is 44.8 Å². The zero-order valence-electron chi connectivity index (χ0n) is 14.4. The highest BCUT2D eigenvalue weighted by Crippen LogP contribution is 2.20. The molecule has 2 fully saturated rings. The lowest BCUT2D eigenvalue weighted by atomic mass is 10.1. The highest BCUT2D eigenvalue weighted by molar-refractivity contribution is 7.91. The molecular weight excluding hydrogens is 340 g/mol. The highest BCUT2D eigenvalue weighted by atomic mass is 32.2. The summed E-state index contributed by atoms with van der Waals surface area (Å²) in [4.78, 5) is 16.4. The van der Waals surface area contributed by atoms with Crippen LogP contribution in [-0.2, 0) is 14.6 Å². The molecule has 0 aliphatic carbocycles. The summed E-state index contributed by atoms with van der Waals surface area (Å²) in [7, 11) is -1.26. The number of nitrogens with zero attached hydrogens (tertiary/aromatic N) is 2. The Bertz CT molecular complexity index is 752. The molecule has 1 aromatic rings. The number of sulfone groups is 1. The molecule has 0 radical (unpaired) electrons. The first kappa shape index (κ1) is 17.9. The van der Waals surface area contributed by atoms with Gasteiger partial charge in [0.1, 0.15) is 5.75 Å². The number of carbonyl (C=O) groups is 1. The molecule has 2 heterocycles. The van der Waals surface area contributed by atoms with Crippen LogP contribution in [0, 0.1) is 0 Å². The van der Waals surface area contributed by atoms with Gasteiger partial charge in [0.2, 0.25) is 5.91 Å². The zero-order chi connectivity index (χ0) is 17.9. The van der Waals surface area contributed by atoms with Crippen LogP contribution in [0.5, 0.6) is 5.75 Å². The normalized spacial score (nSPS) is 23.9. The quantitative estimate of drug-likeness (QED) is 0.747. The standard InChI is InChI=1S/C18H24N2O4S/c1-24-17-5-3-2-4-15(17)6-7-18(21)20-11-9-19(10-12-20)16-8-13-25(22,23)14-16/h2-7,16H,8-14H2,1H3/b7-6+/t16-/m1/s1. The molecule has 6 nitrogen and oxygen atoms in total. The molecule has 7 heteroatoms. The molecule has 1 amide bonds. The van der Waals surface area contributed by atoms with Gasteiger partial charge in [-0.2, -0.15) is 0 Å². The number of hydrogen-bond acceptors (Lipinski definition) is 5. The second kappa shape index (κ2) is 7.58. The molecule has 136 valence electrons. The molecule has 0 N–H and O–H groups in total. The van der Waals surface area contributed by atoms with Crippen LogP contribution in [-0.4, -0.2) is 75.0 Å². The number of amides is 1. The third-order valence-corrected chi connectivity index (χ3v) is 6.65. The number of methoxy groups -OCH3 is 1. The lowest BCUT2D eigenvalue weighted by Crippen LogP contribution is -2.52. The maximum Gasteiger partial charge on any atom is 0.246 e. The Morgan fingerprint density at radius 2 is 1.92 bits per heavy atom. The summed E-state index contributed by atoms with van der Waals surface area (Å²) in [6.07, 6.45) is 4.06. The fourth-order valence-corrected chi connectivity index (χ4v) is 5.20. The molecule has 25 heavy (non-hydrogen) atoms. The SMILES string of the molecule is COc1ccccc1/C=C/C(=O)N1CCN([C@@H]2CCS(=O)(=O)C2)CC1. The second-order valence-corrected chi connectivity index (χ2v) is 8.72. The third kappa shape index (κ3) is 4.41. The van der Waals surface area contributed by atoms with Crippen molar-refractivity contribution in [3.05, 3.63) is 35.9 Å². The maximum absolute atomic E-state index is 12.4. The number of para-hydroxylation sites is 1. The molecule has 0 saturated carbocycles. The first-order valence-electron chi connectivity index (χ1n) is 8.53. The number of carbonyl (C=O) groups excluding carboxylic acids is 1. The van der Waals surface area contributed by atoms with Crippen molar-refractivity contribution in [2.45, 2.75) is 12.5 Å². The molecule has 0 bridgehead atoms. The largest absolute Gasteiger partial charge is 0.496 e. The summed E-state index contributed by atoms with van der Waals surface area (Å²) in [6.45, 7) is 2.72. The fourth-order valence-electron chi connectivity index (χ4n) is 3.44. The average molecular weight is 364 g/mol. The van der Waals surface area contributed by atoms with Crippen LogP contribution in [0.15, 0.2) is 30.3 Å². The van der Waals surface area contributed by atoms with Gasteiger partial charge >= 0.3 is 0 Å². The highest BCUT2D eigenvalue weighted by Gasteiger charge is 2.34. The Balaban J connectivity index is 1.54. The zero-order valence-corrected chi connectivity index (χ0v) is 15.2. The van der Waals surface area contributed by atoms with E-state index in [2.05, 4.69) is 4.90 Å². The molecule has 1 aromatic carbocycles. The number of hydrogen-bond donors (Lipinski definition) is 0. The van der Waals surface area contributed by atoms with Crippen molar-refractivity contribution in [3.8, 4) is 5.75 Å². The van der Waals surface area contributed by atoms with E-state index in [1.54, 1.807) is 19.3 Å². The first-order valence-corrected chi connectivity index (χ1v) is 10.3. The van der Waals surface area contributed by atoms with Gasteiger partial charge in [-0.3, -0.25) is 9.69 Å². The van der Waals surface area contributed by atoms with Crippen LogP contribution in [0.3, 0.4) is 0 Å². The molecule has 0 spiro atoms. The Labute approximate surface area is 149 Å². The van der Waals surface area contributed by atoms with Gasteiger partial charge in [0.05, 0.1) is 18.6 Å². The molecule has 0 aromatic heterocycles. The van der Waals surface area contributed by atoms with Crippen LogP contribution in [0.1, 0.15) is 12.0 Å². The van der Waals surface area contributed by atoms with Gasteiger partial charge in [0.15, 0.2) is 9.84 Å². The van der Waals surface area contributed by atoms with Crippen LogP contribution in [0.2, 0.25) is 0 Å². The topological polar surface area (TPSA) is 66.9 Å². The Morgan fingerprint density at radius 3 is 2.56 bits per heavy atom. The van der Waals surface area contributed by atoms with E-state index < -0.39 is 9.84 Å². The van der Waals surface area contributed by atoms with E-state index >= 15 is 0 Å². The minimum Gasteiger partial charge on any atom is -0.496 e. The third-order valence-electron chi connectivity index (χ3n) is 4.90. The molecule has 2 saturated heterocycles. The van der Waals surface area contributed by atoms with Gasteiger partial charge < -0.3 is 9.64 Å². The molecule has 2 aliphatic rings. The number of ether oxygens (including phenoxy) is 1. The van der Waals surface area contributed by atoms with E-state index in [0.717, 1.165) is 24.4 Å². The van der Waals surface area contributed by atoms with Gasteiger partial charge in [-0.25, -0.2) is 8.42 Å². The maximum atomic E-state index is 12.4. The monoisotopic (exact) mass is 364 g/mol. The van der Waals surface area contributed by atoms with E-state index in [1.165, 1.54) is 0 Å². The smallest absolute Gasteiger partial charge is 0.246 e. The second-order valence-electron chi connectivity index (χ2n) is 6.49. The van der Waals surface area contributed by atoms with E-state index in [1.807, 2.05) is 29.2 Å². The van der Waals surface area contributed by atoms with Crippen molar-refractivity contribution in [2.24, 2.45) is 0 Å². The van der Waals surface area contributed by atoms with E-state index in [9.17, 15) is 13.2 Å². The van der Waals surface area contributed by atoms with Gasteiger partial charge in [-0.1, -0.05) is 18.2 Å². The predicted octanol–water partition coefficient (Wildman–Crippen LogP) is 1.04. The van der Waals surface area contributed by atoms with Crippen LogP contribution >= 0.6 is 0 Å². The Kier molecular flexibility index (Phi) is 5.44. The van der Waals surface area contributed by atoms with Gasteiger partial charge in [-0.05, 0) is 18.6 Å². The number of benzene rings is 1. The van der Waals surface area contributed by atoms with E-state index in [4.69, 9.17) is 4.74 Å². The van der Waals surface area contributed by atoms with Crippen LogP contribution in [0.25, 0.3) is 6.08 Å². The van der Waals surface area contributed by atoms with Crippen molar-refractivity contribution < 1.29 is 17.9 Å². The van der Waals surface area contributed by atoms with Crippen molar-refractivity contribution >= 4 is 21.8 Å². The first-order chi connectivity index (χ1) is 12.0. The molecule has 1 atom stereocenters. The van der Waals surface area contributed by atoms with Gasteiger partial charge in [-0.15, -0.1) is 0 Å². The van der Waals surface area contributed by atoms with Gasteiger partial charge in [0.25, 0.3) is 0 Å². The van der Waals surface area contributed by atoms with E-state index in [0.29, 0.717) is 25.3 Å². The fraction of sp³-hybridized carbons (Fsp3) is 0.500. The minimum atomic E-state index is -2.87. The predicted molar refractivity (Wildman–Crippen MR) is 97.2 cm³/mol. The van der Waals surface area contributed by atoms with Crippen LogP contribution < -0.4 is 4.74 Å². The summed E-state index contributed by atoms with van der Waals surface area (Å²) in [5.41, 5.74) is 0.869. The summed E-state index contributed by atoms with van der Waals surface area (Å²) in [6, 6.07) is 7.67. The van der Waals surface area contributed by atoms with Gasteiger partial charge in [0, 0.05) is 43.9 Å². The molecular formula is C18H24N2O4S. The minimum absolute atomic E-state index is 0.0235. The molecule has 3 rings (SSSR count). The summed E-state index contributed by atoms with van der Waals surface area (Å²) in [5, 5.41) is 0. The van der Waals surface area contributed by atoms with Crippen molar-refractivity contribution in [1.82, 2.24) is 9.80 Å². The lowest BCUT2D eigenvalue weighted by molar-refractivity contribution is -0.127.